The lowest BCUT2D eigenvalue weighted by atomic mass is 10.2. The van der Waals surface area contributed by atoms with Gasteiger partial charge < -0.3 is 14.8 Å². The van der Waals surface area contributed by atoms with Crippen molar-refractivity contribution in [2.75, 3.05) is 39.5 Å². The van der Waals surface area contributed by atoms with Crippen molar-refractivity contribution < 1.29 is 9.47 Å². The van der Waals surface area contributed by atoms with E-state index in [1.807, 2.05) is 6.92 Å². The van der Waals surface area contributed by atoms with Gasteiger partial charge in [0.05, 0.1) is 0 Å². The second-order valence-corrected chi connectivity index (χ2v) is 6.26. The van der Waals surface area contributed by atoms with E-state index in [0.29, 0.717) is 5.25 Å². The van der Waals surface area contributed by atoms with Crippen molar-refractivity contribution in [1.29, 1.82) is 0 Å². The fourth-order valence-corrected chi connectivity index (χ4v) is 3.27. The SMILES string of the molecule is CCOCCCNCC(C)SC1CCOCC1. The highest BCUT2D eigenvalue weighted by molar-refractivity contribution is 8.00. The monoisotopic (exact) mass is 261 g/mol. The number of hydrogen-bond acceptors (Lipinski definition) is 4. The number of hydrogen-bond donors (Lipinski definition) is 1. The smallest absolute Gasteiger partial charge is 0.0477 e. The van der Waals surface area contributed by atoms with E-state index in [4.69, 9.17) is 9.47 Å². The summed E-state index contributed by atoms with van der Waals surface area (Å²) in [6, 6.07) is 0. The van der Waals surface area contributed by atoms with Gasteiger partial charge in [-0.1, -0.05) is 6.92 Å². The van der Waals surface area contributed by atoms with Gasteiger partial charge in [0.25, 0.3) is 0 Å². The Hall–Kier alpha value is 0.230. The van der Waals surface area contributed by atoms with Crippen molar-refractivity contribution in [1.82, 2.24) is 5.32 Å². The predicted molar refractivity (Wildman–Crippen MR) is 74.9 cm³/mol. The molecular weight excluding hydrogens is 234 g/mol. The Balaban J connectivity index is 1.91. The van der Waals surface area contributed by atoms with Crippen LogP contribution in [0, 0.1) is 0 Å². The molecule has 0 saturated carbocycles. The van der Waals surface area contributed by atoms with E-state index in [9.17, 15) is 0 Å². The summed E-state index contributed by atoms with van der Waals surface area (Å²) < 4.78 is 10.7. The Morgan fingerprint density at radius 3 is 2.88 bits per heavy atom. The van der Waals surface area contributed by atoms with Gasteiger partial charge in [0, 0.05) is 43.5 Å². The Labute approximate surface area is 110 Å². The molecule has 0 radical (unpaired) electrons. The maximum Gasteiger partial charge on any atom is 0.0477 e. The van der Waals surface area contributed by atoms with Gasteiger partial charge >= 0.3 is 0 Å². The highest BCUT2D eigenvalue weighted by Crippen LogP contribution is 2.25. The summed E-state index contributed by atoms with van der Waals surface area (Å²) in [6.45, 7) is 10.1. The van der Waals surface area contributed by atoms with E-state index in [1.165, 1.54) is 12.8 Å². The molecule has 0 aromatic carbocycles. The van der Waals surface area contributed by atoms with Gasteiger partial charge in [0.1, 0.15) is 0 Å². The van der Waals surface area contributed by atoms with Gasteiger partial charge in [-0.05, 0) is 32.7 Å². The average Bonchev–Trinajstić information content (AvgIpc) is 2.35. The number of ether oxygens (including phenoxy) is 2. The lowest BCUT2D eigenvalue weighted by Gasteiger charge is -2.24. The molecular formula is C13H27NO2S. The van der Waals surface area contributed by atoms with E-state index in [1.54, 1.807) is 0 Å². The van der Waals surface area contributed by atoms with Crippen LogP contribution in [0.5, 0.6) is 0 Å². The maximum absolute atomic E-state index is 5.37. The first-order valence-corrected chi connectivity index (χ1v) is 7.79. The third-order valence-corrected chi connectivity index (χ3v) is 4.36. The van der Waals surface area contributed by atoms with Crippen LogP contribution in [0.25, 0.3) is 0 Å². The second-order valence-electron chi connectivity index (χ2n) is 4.51. The Bertz CT molecular complexity index is 175. The van der Waals surface area contributed by atoms with Gasteiger partial charge in [0.2, 0.25) is 0 Å². The molecule has 1 aliphatic heterocycles. The molecule has 4 heteroatoms. The van der Waals surface area contributed by atoms with Crippen LogP contribution >= 0.6 is 11.8 Å². The van der Waals surface area contributed by atoms with Crippen molar-refractivity contribution in [3.8, 4) is 0 Å². The second kappa shape index (κ2) is 10.2. The Morgan fingerprint density at radius 1 is 1.41 bits per heavy atom. The van der Waals surface area contributed by atoms with Crippen LogP contribution in [-0.4, -0.2) is 50.0 Å². The summed E-state index contributed by atoms with van der Waals surface area (Å²) in [7, 11) is 0. The van der Waals surface area contributed by atoms with Crippen LogP contribution in [0.4, 0.5) is 0 Å². The fraction of sp³-hybridized carbons (Fsp3) is 1.00. The van der Waals surface area contributed by atoms with Crippen LogP contribution in [0.1, 0.15) is 33.1 Å². The zero-order chi connectivity index (χ0) is 12.3. The molecule has 1 unspecified atom stereocenters. The van der Waals surface area contributed by atoms with E-state index < -0.39 is 0 Å². The summed E-state index contributed by atoms with van der Waals surface area (Å²) in [4.78, 5) is 0. The Kier molecular flexibility index (Phi) is 9.16. The summed E-state index contributed by atoms with van der Waals surface area (Å²) in [5.74, 6) is 0. The van der Waals surface area contributed by atoms with E-state index in [-0.39, 0.29) is 0 Å². The van der Waals surface area contributed by atoms with Crippen LogP contribution in [0.2, 0.25) is 0 Å². The average molecular weight is 261 g/mol. The summed E-state index contributed by atoms with van der Waals surface area (Å²) >= 11 is 2.12. The molecule has 1 fully saturated rings. The van der Waals surface area contributed by atoms with Crippen molar-refractivity contribution in [3.05, 3.63) is 0 Å². The molecule has 0 aromatic heterocycles. The van der Waals surface area contributed by atoms with Crippen LogP contribution in [0.3, 0.4) is 0 Å². The van der Waals surface area contributed by atoms with E-state index in [2.05, 4.69) is 24.0 Å². The van der Waals surface area contributed by atoms with Crippen LogP contribution < -0.4 is 5.32 Å². The minimum absolute atomic E-state index is 0.699. The molecule has 0 spiro atoms. The molecule has 0 aliphatic carbocycles. The fourth-order valence-electron chi connectivity index (χ4n) is 1.94. The standard InChI is InChI=1S/C13H27NO2S/c1-3-15-8-4-7-14-11-12(2)17-13-5-9-16-10-6-13/h12-14H,3-11H2,1-2H3. The van der Waals surface area contributed by atoms with Gasteiger partial charge in [-0.2, -0.15) is 11.8 Å². The quantitative estimate of drug-likeness (QED) is 0.645. The Morgan fingerprint density at radius 2 is 2.18 bits per heavy atom. The summed E-state index contributed by atoms with van der Waals surface area (Å²) in [5, 5.41) is 5.01. The zero-order valence-electron chi connectivity index (χ0n) is 11.2. The number of rotatable bonds is 9. The summed E-state index contributed by atoms with van der Waals surface area (Å²) in [5.41, 5.74) is 0. The molecule has 1 saturated heterocycles. The van der Waals surface area contributed by atoms with Gasteiger partial charge in [-0.25, -0.2) is 0 Å². The topological polar surface area (TPSA) is 30.5 Å². The molecule has 1 aliphatic rings. The minimum atomic E-state index is 0.699. The van der Waals surface area contributed by atoms with Gasteiger partial charge in [-0.15, -0.1) is 0 Å². The lowest BCUT2D eigenvalue weighted by Crippen LogP contribution is -2.27. The number of thioether (sulfide) groups is 1. The molecule has 17 heavy (non-hydrogen) atoms. The third kappa shape index (κ3) is 8.03. The predicted octanol–water partition coefficient (Wildman–Crippen LogP) is 2.30. The van der Waals surface area contributed by atoms with Crippen molar-refractivity contribution in [2.45, 2.75) is 43.6 Å². The third-order valence-electron chi connectivity index (χ3n) is 2.87. The maximum atomic E-state index is 5.37. The largest absolute Gasteiger partial charge is 0.382 e. The molecule has 0 aromatic rings. The zero-order valence-corrected chi connectivity index (χ0v) is 12.1. The first-order valence-electron chi connectivity index (χ1n) is 6.84. The molecule has 1 atom stereocenters. The van der Waals surface area contributed by atoms with Crippen molar-refractivity contribution in [3.63, 3.8) is 0 Å². The molecule has 102 valence electrons. The van der Waals surface area contributed by atoms with Crippen LogP contribution in [0.15, 0.2) is 0 Å². The van der Waals surface area contributed by atoms with Gasteiger partial charge in [-0.3, -0.25) is 0 Å². The highest BCUT2D eigenvalue weighted by Gasteiger charge is 2.16. The van der Waals surface area contributed by atoms with E-state index in [0.717, 1.165) is 51.2 Å². The van der Waals surface area contributed by atoms with Crippen LogP contribution in [-0.2, 0) is 9.47 Å². The summed E-state index contributed by atoms with van der Waals surface area (Å²) in [6.07, 6.45) is 3.56. The molecule has 1 N–H and O–H groups in total. The van der Waals surface area contributed by atoms with E-state index >= 15 is 0 Å². The molecule has 1 rings (SSSR count). The lowest BCUT2D eigenvalue weighted by molar-refractivity contribution is 0.0999. The highest BCUT2D eigenvalue weighted by atomic mass is 32.2. The number of nitrogens with one attached hydrogen (secondary N) is 1. The first kappa shape index (κ1) is 15.3. The van der Waals surface area contributed by atoms with Crippen molar-refractivity contribution >= 4 is 11.8 Å². The molecule has 0 amide bonds. The van der Waals surface area contributed by atoms with Crippen molar-refractivity contribution in [2.24, 2.45) is 0 Å². The van der Waals surface area contributed by atoms with Gasteiger partial charge in [0.15, 0.2) is 0 Å². The molecule has 1 heterocycles. The minimum Gasteiger partial charge on any atom is -0.382 e. The molecule has 0 bridgehead atoms. The normalized spacial score (nSPS) is 19.4. The molecule has 3 nitrogen and oxygen atoms in total. The first-order chi connectivity index (χ1) is 8.33.